The highest BCUT2D eigenvalue weighted by atomic mass is 79.9. The maximum atomic E-state index is 11.4. The Bertz CT molecular complexity index is 638. The van der Waals surface area contributed by atoms with E-state index in [2.05, 4.69) is 50.1 Å². The van der Waals surface area contributed by atoms with E-state index in [9.17, 15) is 4.79 Å². The predicted molar refractivity (Wildman–Crippen MR) is 81.7 cm³/mol. The molecule has 2 N–H and O–H groups in total. The Morgan fingerprint density at radius 3 is 2.95 bits per heavy atom. The van der Waals surface area contributed by atoms with Gasteiger partial charge in [0.25, 0.3) is 0 Å². The summed E-state index contributed by atoms with van der Waals surface area (Å²) >= 11 is 5.30. The van der Waals surface area contributed by atoms with Crippen molar-refractivity contribution in [1.82, 2.24) is 5.32 Å². The number of rotatable bonds is 3. The second-order valence-corrected chi connectivity index (χ2v) is 6.30. The number of halogens is 1. The van der Waals surface area contributed by atoms with Crippen LogP contribution < -0.4 is 10.6 Å². The van der Waals surface area contributed by atoms with Gasteiger partial charge in [-0.15, -0.1) is 11.3 Å². The van der Waals surface area contributed by atoms with Crippen molar-refractivity contribution in [3.05, 3.63) is 50.1 Å². The minimum Gasteiger partial charge on any atom is -0.326 e. The minimum absolute atomic E-state index is 0.0745. The fourth-order valence-electron chi connectivity index (χ4n) is 2.39. The van der Waals surface area contributed by atoms with Crippen LogP contribution in [0.4, 0.5) is 5.69 Å². The quantitative estimate of drug-likeness (QED) is 0.902. The van der Waals surface area contributed by atoms with Gasteiger partial charge in [0.05, 0.1) is 12.5 Å². The molecular formula is C14H13BrN2OS. The first-order valence-corrected chi connectivity index (χ1v) is 7.69. The van der Waals surface area contributed by atoms with E-state index in [0.29, 0.717) is 6.42 Å². The molecule has 5 heteroatoms. The van der Waals surface area contributed by atoms with Gasteiger partial charge in [0.15, 0.2) is 0 Å². The molecule has 0 saturated heterocycles. The van der Waals surface area contributed by atoms with Gasteiger partial charge in [-0.05, 0) is 51.6 Å². The lowest BCUT2D eigenvalue weighted by molar-refractivity contribution is -0.115. The highest BCUT2D eigenvalue weighted by molar-refractivity contribution is 9.10. The molecule has 1 aliphatic rings. The van der Waals surface area contributed by atoms with Gasteiger partial charge in [-0.3, -0.25) is 4.79 Å². The molecule has 0 saturated carbocycles. The Morgan fingerprint density at radius 2 is 2.26 bits per heavy atom. The number of nitrogens with one attached hydrogen (secondary N) is 2. The normalized spacial score (nSPS) is 15.2. The molecule has 1 aliphatic heterocycles. The average Bonchev–Trinajstić information content (AvgIpc) is 2.95. The van der Waals surface area contributed by atoms with Crippen LogP contribution in [0.1, 0.15) is 22.0 Å². The van der Waals surface area contributed by atoms with Gasteiger partial charge in [-0.25, -0.2) is 0 Å². The molecule has 0 spiro atoms. The van der Waals surface area contributed by atoms with Crippen molar-refractivity contribution in [3.63, 3.8) is 0 Å². The molecule has 0 bridgehead atoms. The molecule has 0 radical (unpaired) electrons. The van der Waals surface area contributed by atoms with Crippen LogP contribution in [0.2, 0.25) is 0 Å². The van der Waals surface area contributed by atoms with Gasteiger partial charge in [0, 0.05) is 15.0 Å². The number of anilines is 1. The lowest BCUT2D eigenvalue weighted by Gasteiger charge is -2.17. The second kappa shape index (κ2) is 5.07. The van der Waals surface area contributed by atoms with E-state index in [-0.39, 0.29) is 11.9 Å². The van der Waals surface area contributed by atoms with E-state index >= 15 is 0 Å². The van der Waals surface area contributed by atoms with E-state index in [1.807, 2.05) is 13.1 Å². The topological polar surface area (TPSA) is 41.1 Å². The van der Waals surface area contributed by atoms with Crippen LogP contribution in [0.25, 0.3) is 0 Å². The number of carbonyl (C=O) groups is 1. The van der Waals surface area contributed by atoms with E-state index in [1.165, 1.54) is 10.4 Å². The van der Waals surface area contributed by atoms with Gasteiger partial charge in [-0.2, -0.15) is 0 Å². The molecule has 3 rings (SSSR count). The molecule has 3 nitrogen and oxygen atoms in total. The number of thiophene rings is 1. The molecule has 1 amide bonds. The number of carbonyl (C=O) groups excluding carboxylic acids is 1. The highest BCUT2D eigenvalue weighted by Gasteiger charge is 2.21. The van der Waals surface area contributed by atoms with E-state index in [1.54, 1.807) is 11.3 Å². The first kappa shape index (κ1) is 12.8. The Hall–Kier alpha value is -1.17. The SMILES string of the molecule is CNC(c1ccc2c(c1)CC(=O)N2)c1sccc1Br. The zero-order valence-electron chi connectivity index (χ0n) is 10.4. The van der Waals surface area contributed by atoms with Crippen molar-refractivity contribution >= 4 is 38.9 Å². The monoisotopic (exact) mass is 336 g/mol. The van der Waals surface area contributed by atoms with E-state index < -0.39 is 0 Å². The van der Waals surface area contributed by atoms with Crippen molar-refractivity contribution in [2.24, 2.45) is 0 Å². The van der Waals surface area contributed by atoms with Crippen LogP contribution in [0, 0.1) is 0 Å². The zero-order valence-corrected chi connectivity index (χ0v) is 12.8. The minimum atomic E-state index is 0.0745. The van der Waals surface area contributed by atoms with Crippen molar-refractivity contribution in [1.29, 1.82) is 0 Å². The van der Waals surface area contributed by atoms with Gasteiger partial charge < -0.3 is 10.6 Å². The van der Waals surface area contributed by atoms with Gasteiger partial charge in [0.1, 0.15) is 0 Å². The molecule has 1 aromatic heterocycles. The smallest absolute Gasteiger partial charge is 0.228 e. The van der Waals surface area contributed by atoms with E-state index in [0.717, 1.165) is 15.7 Å². The summed E-state index contributed by atoms with van der Waals surface area (Å²) in [5, 5.41) is 8.27. The lowest BCUT2D eigenvalue weighted by atomic mass is 10.0. The third kappa shape index (κ3) is 2.33. The summed E-state index contributed by atoms with van der Waals surface area (Å²) in [5.41, 5.74) is 3.20. The molecule has 98 valence electrons. The Kier molecular flexibility index (Phi) is 3.43. The van der Waals surface area contributed by atoms with Gasteiger partial charge >= 0.3 is 0 Å². The molecule has 0 aliphatic carbocycles. The summed E-state index contributed by atoms with van der Waals surface area (Å²) in [6, 6.07) is 8.37. The number of amides is 1. The van der Waals surface area contributed by atoms with Crippen molar-refractivity contribution in [3.8, 4) is 0 Å². The summed E-state index contributed by atoms with van der Waals surface area (Å²) in [6.07, 6.45) is 0.477. The third-order valence-electron chi connectivity index (χ3n) is 3.28. The Morgan fingerprint density at radius 1 is 1.42 bits per heavy atom. The highest BCUT2D eigenvalue weighted by Crippen LogP contribution is 2.35. The van der Waals surface area contributed by atoms with Crippen LogP contribution in [0.15, 0.2) is 34.1 Å². The van der Waals surface area contributed by atoms with Gasteiger partial charge in [0.2, 0.25) is 5.91 Å². The maximum absolute atomic E-state index is 11.4. The molecule has 19 heavy (non-hydrogen) atoms. The number of hydrogen-bond donors (Lipinski definition) is 2. The molecule has 0 fully saturated rings. The predicted octanol–water partition coefficient (Wildman–Crippen LogP) is 3.31. The first-order chi connectivity index (χ1) is 9.19. The molecular weight excluding hydrogens is 324 g/mol. The number of fused-ring (bicyclic) bond motifs is 1. The molecule has 2 aromatic rings. The lowest BCUT2D eigenvalue weighted by Crippen LogP contribution is -2.17. The Balaban J connectivity index is 2.00. The third-order valence-corrected chi connectivity index (χ3v) is 5.22. The van der Waals surface area contributed by atoms with Crippen molar-refractivity contribution in [2.45, 2.75) is 12.5 Å². The maximum Gasteiger partial charge on any atom is 0.228 e. The number of hydrogen-bond acceptors (Lipinski definition) is 3. The first-order valence-electron chi connectivity index (χ1n) is 6.02. The van der Waals surface area contributed by atoms with Crippen LogP contribution in [0.3, 0.4) is 0 Å². The van der Waals surface area contributed by atoms with Crippen LogP contribution in [-0.4, -0.2) is 13.0 Å². The molecule has 1 unspecified atom stereocenters. The zero-order chi connectivity index (χ0) is 13.4. The van der Waals surface area contributed by atoms with Crippen molar-refractivity contribution in [2.75, 3.05) is 12.4 Å². The van der Waals surface area contributed by atoms with Crippen LogP contribution in [0.5, 0.6) is 0 Å². The fourth-order valence-corrected chi connectivity index (χ4v) is 4.13. The van der Waals surface area contributed by atoms with Crippen LogP contribution in [-0.2, 0) is 11.2 Å². The molecule has 1 aromatic carbocycles. The molecule has 2 heterocycles. The summed E-state index contributed by atoms with van der Waals surface area (Å²) < 4.78 is 1.12. The standard InChI is InChI=1S/C14H13BrN2OS/c1-16-13(14-10(15)4-5-19-14)8-2-3-11-9(6-8)7-12(18)17-11/h2-6,13,16H,7H2,1H3,(H,17,18). The van der Waals surface area contributed by atoms with E-state index in [4.69, 9.17) is 0 Å². The molecule has 1 atom stereocenters. The average molecular weight is 337 g/mol. The Labute approximate surface area is 124 Å². The summed E-state index contributed by atoms with van der Waals surface area (Å²) in [5.74, 6) is 0.0745. The largest absolute Gasteiger partial charge is 0.326 e. The summed E-state index contributed by atoms with van der Waals surface area (Å²) in [4.78, 5) is 12.7. The summed E-state index contributed by atoms with van der Waals surface area (Å²) in [6.45, 7) is 0. The number of benzene rings is 1. The van der Waals surface area contributed by atoms with Crippen LogP contribution >= 0.6 is 27.3 Å². The van der Waals surface area contributed by atoms with Gasteiger partial charge in [-0.1, -0.05) is 12.1 Å². The van der Waals surface area contributed by atoms with Crippen molar-refractivity contribution < 1.29 is 4.79 Å². The second-order valence-electron chi connectivity index (χ2n) is 4.50. The fraction of sp³-hybridized carbons (Fsp3) is 0.214. The summed E-state index contributed by atoms with van der Waals surface area (Å²) in [7, 11) is 1.95.